The third kappa shape index (κ3) is 3.56. The number of carbonyl (C=O) groups excluding carboxylic acids is 1. The Kier molecular flexibility index (Phi) is 5.13. The molecule has 2 aliphatic heterocycles. The van der Waals surface area contributed by atoms with E-state index >= 15 is 0 Å². The van der Waals surface area contributed by atoms with Crippen LogP contribution in [0, 0.1) is 5.92 Å². The van der Waals surface area contributed by atoms with Crippen LogP contribution in [0.3, 0.4) is 0 Å². The summed E-state index contributed by atoms with van der Waals surface area (Å²) in [5.41, 5.74) is 0.746. The highest BCUT2D eigenvalue weighted by atomic mass is 16.5. The number of amides is 1. The van der Waals surface area contributed by atoms with E-state index < -0.39 is 5.97 Å². The number of hydrogen-bond acceptors (Lipinski definition) is 5. The van der Waals surface area contributed by atoms with Gasteiger partial charge < -0.3 is 19.5 Å². The molecular weight excluding hydrogens is 324 g/mol. The van der Waals surface area contributed by atoms with E-state index in [1.807, 2.05) is 17.0 Å². The summed E-state index contributed by atoms with van der Waals surface area (Å²) in [6.07, 6.45) is 2.20. The number of carbonyl (C=O) groups is 2. The SMILES string of the molecule is COc1cc(OC)cc(N2CCC(N3CCCC(C(=O)O)C3)C2=O)c1. The van der Waals surface area contributed by atoms with E-state index in [2.05, 4.69) is 0 Å². The van der Waals surface area contributed by atoms with E-state index in [9.17, 15) is 14.7 Å². The van der Waals surface area contributed by atoms with Crippen LogP contribution in [-0.4, -0.2) is 61.8 Å². The van der Waals surface area contributed by atoms with Gasteiger partial charge in [-0.15, -0.1) is 0 Å². The molecule has 0 aliphatic carbocycles. The number of likely N-dealkylation sites (tertiary alicyclic amines) is 1. The molecule has 25 heavy (non-hydrogen) atoms. The zero-order valence-corrected chi connectivity index (χ0v) is 14.6. The van der Waals surface area contributed by atoms with Crippen molar-refractivity contribution in [2.45, 2.75) is 25.3 Å². The van der Waals surface area contributed by atoms with Gasteiger partial charge in [-0.2, -0.15) is 0 Å². The van der Waals surface area contributed by atoms with Crippen molar-refractivity contribution in [3.63, 3.8) is 0 Å². The maximum absolute atomic E-state index is 12.9. The van der Waals surface area contributed by atoms with E-state index in [0.29, 0.717) is 37.4 Å². The van der Waals surface area contributed by atoms with E-state index in [4.69, 9.17) is 9.47 Å². The fourth-order valence-electron chi connectivity index (χ4n) is 3.70. The molecule has 2 heterocycles. The van der Waals surface area contributed by atoms with Crippen molar-refractivity contribution in [3.05, 3.63) is 18.2 Å². The molecule has 2 saturated heterocycles. The Balaban J connectivity index is 1.77. The van der Waals surface area contributed by atoms with Crippen LogP contribution < -0.4 is 14.4 Å². The van der Waals surface area contributed by atoms with Crippen LogP contribution in [0.5, 0.6) is 11.5 Å². The van der Waals surface area contributed by atoms with Gasteiger partial charge >= 0.3 is 5.97 Å². The van der Waals surface area contributed by atoms with Crippen LogP contribution in [-0.2, 0) is 9.59 Å². The molecule has 3 rings (SSSR count). The molecule has 7 nitrogen and oxygen atoms in total. The fourth-order valence-corrected chi connectivity index (χ4v) is 3.70. The van der Waals surface area contributed by atoms with E-state index in [-0.39, 0.29) is 17.9 Å². The van der Waals surface area contributed by atoms with Gasteiger partial charge in [0.05, 0.1) is 31.9 Å². The van der Waals surface area contributed by atoms with Crippen LogP contribution in [0.25, 0.3) is 0 Å². The molecule has 0 saturated carbocycles. The number of methoxy groups -OCH3 is 2. The van der Waals surface area contributed by atoms with Crippen molar-refractivity contribution >= 4 is 17.6 Å². The molecule has 136 valence electrons. The first-order valence-corrected chi connectivity index (χ1v) is 8.54. The molecular formula is C18H24N2O5. The molecule has 2 aliphatic rings. The first-order chi connectivity index (χ1) is 12.0. The summed E-state index contributed by atoms with van der Waals surface area (Å²) in [6.45, 7) is 1.82. The average molecular weight is 348 g/mol. The lowest BCUT2D eigenvalue weighted by Crippen LogP contribution is -2.48. The minimum Gasteiger partial charge on any atom is -0.497 e. The van der Waals surface area contributed by atoms with Gasteiger partial charge in [0.2, 0.25) is 5.91 Å². The minimum absolute atomic E-state index is 0.0151. The molecule has 0 radical (unpaired) electrons. The van der Waals surface area contributed by atoms with Gasteiger partial charge in [-0.1, -0.05) is 0 Å². The summed E-state index contributed by atoms with van der Waals surface area (Å²) < 4.78 is 10.6. The molecule has 1 aromatic carbocycles. The third-order valence-corrected chi connectivity index (χ3v) is 5.07. The van der Waals surface area contributed by atoms with Crippen LogP contribution >= 0.6 is 0 Å². The van der Waals surface area contributed by atoms with Gasteiger partial charge in [0.25, 0.3) is 0 Å². The largest absolute Gasteiger partial charge is 0.497 e. The quantitative estimate of drug-likeness (QED) is 0.871. The summed E-state index contributed by atoms with van der Waals surface area (Å²) in [7, 11) is 3.15. The van der Waals surface area contributed by atoms with Gasteiger partial charge in [-0.05, 0) is 25.8 Å². The fraction of sp³-hybridized carbons (Fsp3) is 0.556. The van der Waals surface area contributed by atoms with Gasteiger partial charge in [0.15, 0.2) is 0 Å². The summed E-state index contributed by atoms with van der Waals surface area (Å²) in [5.74, 6) is 0.127. The van der Waals surface area contributed by atoms with Gasteiger partial charge in [0, 0.05) is 31.3 Å². The van der Waals surface area contributed by atoms with Crippen molar-refractivity contribution in [3.8, 4) is 11.5 Å². The second kappa shape index (κ2) is 7.31. The number of carboxylic acid groups (broad SMARTS) is 1. The van der Waals surface area contributed by atoms with Gasteiger partial charge in [-0.3, -0.25) is 14.5 Å². The maximum Gasteiger partial charge on any atom is 0.307 e. The number of hydrogen-bond donors (Lipinski definition) is 1. The number of nitrogens with zero attached hydrogens (tertiary/aromatic N) is 2. The molecule has 0 bridgehead atoms. The predicted molar refractivity (Wildman–Crippen MR) is 92.2 cm³/mol. The van der Waals surface area contributed by atoms with Crippen LogP contribution in [0.4, 0.5) is 5.69 Å². The van der Waals surface area contributed by atoms with E-state index in [1.165, 1.54) is 0 Å². The summed E-state index contributed by atoms with van der Waals surface area (Å²) in [6, 6.07) is 5.15. The molecule has 1 amide bonds. The Labute approximate surface area is 147 Å². The Hall–Kier alpha value is -2.28. The molecule has 1 N–H and O–H groups in total. The number of benzene rings is 1. The number of rotatable bonds is 5. The lowest BCUT2D eigenvalue weighted by Gasteiger charge is -2.34. The maximum atomic E-state index is 12.9. The normalized spacial score (nSPS) is 24.4. The topological polar surface area (TPSA) is 79.3 Å². The van der Waals surface area contributed by atoms with Crippen LogP contribution in [0.15, 0.2) is 18.2 Å². The molecule has 2 unspecified atom stereocenters. The number of anilines is 1. The number of piperidine rings is 1. The molecule has 2 atom stereocenters. The zero-order chi connectivity index (χ0) is 18.0. The van der Waals surface area contributed by atoms with Crippen molar-refractivity contribution in [2.24, 2.45) is 5.92 Å². The molecule has 1 aromatic rings. The summed E-state index contributed by atoms with van der Waals surface area (Å²) in [5, 5.41) is 9.26. The van der Waals surface area contributed by atoms with Crippen LogP contribution in [0.2, 0.25) is 0 Å². The number of aliphatic carboxylic acids is 1. The highest BCUT2D eigenvalue weighted by Crippen LogP contribution is 2.33. The second-order valence-corrected chi connectivity index (χ2v) is 6.54. The third-order valence-electron chi connectivity index (χ3n) is 5.07. The monoisotopic (exact) mass is 348 g/mol. The second-order valence-electron chi connectivity index (χ2n) is 6.54. The van der Waals surface area contributed by atoms with E-state index in [1.54, 1.807) is 25.2 Å². The number of ether oxygens (including phenoxy) is 2. The lowest BCUT2D eigenvalue weighted by molar-refractivity contribution is -0.144. The Morgan fingerprint density at radius 1 is 1.12 bits per heavy atom. The predicted octanol–water partition coefficient (Wildman–Crippen LogP) is 1.61. The Morgan fingerprint density at radius 2 is 1.80 bits per heavy atom. The first kappa shape index (κ1) is 17.5. The van der Waals surface area contributed by atoms with Crippen LogP contribution in [0.1, 0.15) is 19.3 Å². The van der Waals surface area contributed by atoms with Crippen molar-refractivity contribution in [2.75, 3.05) is 38.8 Å². The highest BCUT2D eigenvalue weighted by molar-refractivity contribution is 5.99. The van der Waals surface area contributed by atoms with E-state index in [0.717, 1.165) is 18.7 Å². The zero-order valence-electron chi connectivity index (χ0n) is 14.6. The molecule has 2 fully saturated rings. The summed E-state index contributed by atoms with van der Waals surface area (Å²) >= 11 is 0. The van der Waals surface area contributed by atoms with Gasteiger partial charge in [0.1, 0.15) is 11.5 Å². The van der Waals surface area contributed by atoms with Crippen molar-refractivity contribution in [1.29, 1.82) is 0 Å². The lowest BCUT2D eigenvalue weighted by atomic mass is 9.96. The van der Waals surface area contributed by atoms with Crippen molar-refractivity contribution < 1.29 is 24.2 Å². The van der Waals surface area contributed by atoms with Gasteiger partial charge in [-0.25, -0.2) is 0 Å². The van der Waals surface area contributed by atoms with Crippen molar-refractivity contribution in [1.82, 2.24) is 4.90 Å². The first-order valence-electron chi connectivity index (χ1n) is 8.54. The average Bonchev–Trinajstić information content (AvgIpc) is 3.02. The molecule has 0 aromatic heterocycles. The highest BCUT2D eigenvalue weighted by Gasteiger charge is 2.39. The Morgan fingerprint density at radius 3 is 2.40 bits per heavy atom. The Bertz CT molecular complexity index is 641. The molecule has 7 heteroatoms. The summed E-state index contributed by atoms with van der Waals surface area (Å²) in [4.78, 5) is 28.0. The molecule has 0 spiro atoms. The smallest absolute Gasteiger partial charge is 0.307 e. The minimum atomic E-state index is -0.774. The number of carboxylic acids is 1. The standard InChI is InChI=1S/C18H24N2O5/c1-24-14-8-13(9-15(10-14)25-2)20-7-5-16(17(20)21)19-6-3-4-12(11-19)18(22)23/h8-10,12,16H,3-7,11H2,1-2H3,(H,22,23).